The van der Waals surface area contributed by atoms with Gasteiger partial charge in [0.15, 0.2) is 0 Å². The first-order chi connectivity index (χ1) is 8.70. The van der Waals surface area contributed by atoms with Crippen LogP contribution in [0.2, 0.25) is 0 Å². The van der Waals surface area contributed by atoms with Crippen LogP contribution in [0.5, 0.6) is 0 Å². The number of anilines is 1. The van der Waals surface area contributed by atoms with Gasteiger partial charge in [0.05, 0.1) is 0 Å². The zero-order valence-corrected chi connectivity index (χ0v) is 11.9. The Hall–Kier alpha value is -1.03. The average Bonchev–Trinajstić information content (AvgIpc) is 2.80. The highest BCUT2D eigenvalue weighted by molar-refractivity contribution is 5.28. The number of hydrogen-bond donors (Lipinski definition) is 1. The van der Waals surface area contributed by atoms with E-state index in [-0.39, 0.29) is 0 Å². The standard InChI is InChI=1S/C14H26N4/c1-4-8-17-9-5-13(6-10-17)16-14-15-7-11-18(14)12(2)3/h7,11-13H,4-6,8-10H2,1-3H3,(H,15,16). The predicted octanol–water partition coefficient (Wildman–Crippen LogP) is 2.75. The van der Waals surface area contributed by atoms with Gasteiger partial charge in [0.25, 0.3) is 0 Å². The minimum atomic E-state index is 0.468. The third-order valence-electron chi connectivity index (χ3n) is 3.69. The zero-order chi connectivity index (χ0) is 13.0. The predicted molar refractivity (Wildman–Crippen MR) is 76.0 cm³/mol. The summed E-state index contributed by atoms with van der Waals surface area (Å²) in [7, 11) is 0. The lowest BCUT2D eigenvalue weighted by Gasteiger charge is -2.32. The Morgan fingerprint density at radius 1 is 1.39 bits per heavy atom. The molecule has 0 amide bonds. The van der Waals surface area contributed by atoms with Gasteiger partial charge in [0.1, 0.15) is 0 Å². The average molecular weight is 250 g/mol. The van der Waals surface area contributed by atoms with E-state index in [4.69, 9.17) is 0 Å². The molecule has 1 N–H and O–H groups in total. The van der Waals surface area contributed by atoms with E-state index in [9.17, 15) is 0 Å². The summed E-state index contributed by atoms with van der Waals surface area (Å²) in [6.45, 7) is 10.3. The van der Waals surface area contributed by atoms with Gasteiger partial charge in [-0.15, -0.1) is 0 Å². The second kappa shape index (κ2) is 6.23. The van der Waals surface area contributed by atoms with Crippen molar-refractivity contribution in [3.05, 3.63) is 12.4 Å². The van der Waals surface area contributed by atoms with E-state index < -0.39 is 0 Å². The van der Waals surface area contributed by atoms with Crippen LogP contribution in [0, 0.1) is 0 Å². The Bertz CT molecular complexity index is 350. The Labute approximate surface area is 110 Å². The van der Waals surface area contributed by atoms with Gasteiger partial charge < -0.3 is 14.8 Å². The molecule has 0 atom stereocenters. The van der Waals surface area contributed by atoms with Crippen LogP contribution in [-0.4, -0.2) is 40.1 Å². The molecule has 1 fully saturated rings. The normalized spacial score (nSPS) is 18.4. The third-order valence-corrected chi connectivity index (χ3v) is 3.69. The molecule has 2 heterocycles. The largest absolute Gasteiger partial charge is 0.353 e. The Morgan fingerprint density at radius 2 is 2.11 bits per heavy atom. The molecule has 1 aliphatic rings. The van der Waals surface area contributed by atoms with Crippen molar-refractivity contribution in [1.82, 2.24) is 14.5 Å². The van der Waals surface area contributed by atoms with Crippen molar-refractivity contribution in [2.24, 2.45) is 0 Å². The lowest BCUT2D eigenvalue weighted by molar-refractivity contribution is 0.219. The van der Waals surface area contributed by atoms with Crippen LogP contribution in [0.3, 0.4) is 0 Å². The Kier molecular flexibility index (Phi) is 4.64. The zero-order valence-electron chi connectivity index (χ0n) is 11.9. The quantitative estimate of drug-likeness (QED) is 0.872. The maximum Gasteiger partial charge on any atom is 0.203 e. The molecule has 4 nitrogen and oxygen atoms in total. The van der Waals surface area contributed by atoms with Gasteiger partial charge in [0, 0.05) is 37.6 Å². The van der Waals surface area contributed by atoms with Crippen LogP contribution in [0.25, 0.3) is 0 Å². The van der Waals surface area contributed by atoms with Crippen LogP contribution < -0.4 is 5.32 Å². The summed E-state index contributed by atoms with van der Waals surface area (Å²) in [5, 5.41) is 3.60. The summed E-state index contributed by atoms with van der Waals surface area (Å²) < 4.78 is 2.21. The van der Waals surface area contributed by atoms with E-state index in [1.165, 1.54) is 38.9 Å². The van der Waals surface area contributed by atoms with Crippen molar-refractivity contribution in [3.8, 4) is 0 Å². The minimum absolute atomic E-state index is 0.468. The maximum absolute atomic E-state index is 4.43. The van der Waals surface area contributed by atoms with Crippen LogP contribution in [0.15, 0.2) is 12.4 Å². The van der Waals surface area contributed by atoms with E-state index in [0.29, 0.717) is 12.1 Å². The number of nitrogens with zero attached hydrogens (tertiary/aromatic N) is 3. The summed E-state index contributed by atoms with van der Waals surface area (Å²) in [6, 6.07) is 1.05. The van der Waals surface area contributed by atoms with Gasteiger partial charge in [-0.1, -0.05) is 6.92 Å². The minimum Gasteiger partial charge on any atom is -0.353 e. The Balaban J connectivity index is 1.86. The molecule has 0 unspecified atom stereocenters. The van der Waals surface area contributed by atoms with Crippen molar-refractivity contribution >= 4 is 5.95 Å². The molecule has 2 rings (SSSR count). The lowest BCUT2D eigenvalue weighted by atomic mass is 10.1. The number of nitrogens with one attached hydrogen (secondary N) is 1. The number of aromatic nitrogens is 2. The highest BCUT2D eigenvalue weighted by Gasteiger charge is 2.19. The van der Waals surface area contributed by atoms with Crippen LogP contribution in [-0.2, 0) is 0 Å². The molecule has 0 radical (unpaired) electrons. The summed E-state index contributed by atoms with van der Waals surface area (Å²) in [5.74, 6) is 1.03. The second-order valence-electron chi connectivity index (χ2n) is 5.51. The molecule has 0 bridgehead atoms. The number of imidazole rings is 1. The second-order valence-corrected chi connectivity index (χ2v) is 5.51. The first kappa shape index (κ1) is 13.4. The molecule has 0 aliphatic carbocycles. The van der Waals surface area contributed by atoms with Crippen molar-refractivity contribution in [2.75, 3.05) is 25.0 Å². The fourth-order valence-electron chi connectivity index (χ4n) is 2.64. The first-order valence-corrected chi connectivity index (χ1v) is 7.22. The lowest BCUT2D eigenvalue weighted by Crippen LogP contribution is -2.39. The fourth-order valence-corrected chi connectivity index (χ4v) is 2.64. The van der Waals surface area contributed by atoms with Crippen molar-refractivity contribution in [1.29, 1.82) is 0 Å². The van der Waals surface area contributed by atoms with Gasteiger partial charge in [0.2, 0.25) is 5.95 Å². The molecule has 0 aromatic carbocycles. The third kappa shape index (κ3) is 3.25. The van der Waals surface area contributed by atoms with Crippen LogP contribution in [0.4, 0.5) is 5.95 Å². The molecule has 4 heteroatoms. The number of rotatable bonds is 5. The number of piperidine rings is 1. The monoisotopic (exact) mass is 250 g/mol. The maximum atomic E-state index is 4.43. The van der Waals surface area contributed by atoms with E-state index in [0.717, 1.165) is 5.95 Å². The van der Waals surface area contributed by atoms with E-state index in [2.05, 4.69) is 46.7 Å². The molecular formula is C14H26N4. The summed E-state index contributed by atoms with van der Waals surface area (Å²) in [4.78, 5) is 6.99. The van der Waals surface area contributed by atoms with Gasteiger partial charge in [-0.3, -0.25) is 0 Å². The topological polar surface area (TPSA) is 33.1 Å². The summed E-state index contributed by atoms with van der Waals surface area (Å²) in [6.07, 6.45) is 7.65. The molecule has 102 valence electrons. The van der Waals surface area contributed by atoms with E-state index in [1.54, 1.807) is 0 Å². The molecule has 0 saturated carbocycles. The van der Waals surface area contributed by atoms with Crippen LogP contribution >= 0.6 is 0 Å². The van der Waals surface area contributed by atoms with Gasteiger partial charge in [-0.05, 0) is 39.7 Å². The molecule has 1 aromatic rings. The fraction of sp³-hybridized carbons (Fsp3) is 0.786. The Morgan fingerprint density at radius 3 is 2.72 bits per heavy atom. The molecular weight excluding hydrogens is 224 g/mol. The molecule has 1 aliphatic heterocycles. The van der Waals surface area contributed by atoms with Gasteiger partial charge in [-0.25, -0.2) is 4.98 Å². The van der Waals surface area contributed by atoms with Gasteiger partial charge in [-0.2, -0.15) is 0 Å². The molecule has 1 saturated heterocycles. The van der Waals surface area contributed by atoms with Crippen molar-refractivity contribution < 1.29 is 0 Å². The van der Waals surface area contributed by atoms with Crippen molar-refractivity contribution in [3.63, 3.8) is 0 Å². The smallest absolute Gasteiger partial charge is 0.203 e. The van der Waals surface area contributed by atoms with E-state index in [1.807, 2.05) is 6.20 Å². The molecule has 1 aromatic heterocycles. The highest BCUT2D eigenvalue weighted by atomic mass is 15.2. The van der Waals surface area contributed by atoms with E-state index >= 15 is 0 Å². The van der Waals surface area contributed by atoms with Crippen molar-refractivity contribution in [2.45, 2.75) is 52.1 Å². The van der Waals surface area contributed by atoms with Crippen LogP contribution in [0.1, 0.15) is 46.1 Å². The number of likely N-dealkylation sites (tertiary alicyclic amines) is 1. The summed E-state index contributed by atoms with van der Waals surface area (Å²) >= 11 is 0. The summed E-state index contributed by atoms with van der Waals surface area (Å²) in [5.41, 5.74) is 0. The molecule has 0 spiro atoms. The first-order valence-electron chi connectivity index (χ1n) is 7.22. The SMILES string of the molecule is CCCN1CCC(Nc2nccn2C(C)C)CC1. The van der Waals surface area contributed by atoms with Gasteiger partial charge >= 0.3 is 0 Å². The highest BCUT2D eigenvalue weighted by Crippen LogP contribution is 2.18. The molecule has 18 heavy (non-hydrogen) atoms. The number of hydrogen-bond acceptors (Lipinski definition) is 3.